The Bertz CT molecular complexity index is 705. The Kier molecular flexibility index (Phi) is 2.91. The summed E-state index contributed by atoms with van der Waals surface area (Å²) in [5, 5.41) is 0. The molecule has 0 radical (unpaired) electrons. The maximum absolute atomic E-state index is 6.00. The van der Waals surface area contributed by atoms with E-state index in [0.29, 0.717) is 0 Å². The molecule has 1 heterocycles. The van der Waals surface area contributed by atoms with Crippen LogP contribution in [0.25, 0.3) is 0 Å². The molecule has 3 atom stereocenters. The average Bonchev–Trinajstić information content (AvgIpc) is 2.86. The number of hydrogen-bond acceptors (Lipinski definition) is 3. The molecule has 1 aliphatic heterocycles. The third-order valence-corrected chi connectivity index (χ3v) is 4.42. The number of aryl methyl sites for hydroxylation is 1. The molecule has 3 unspecified atom stereocenters. The zero-order chi connectivity index (χ0) is 14.4. The quantitative estimate of drug-likeness (QED) is 0.871. The van der Waals surface area contributed by atoms with Gasteiger partial charge in [0.15, 0.2) is 0 Å². The molecule has 4 rings (SSSR count). The van der Waals surface area contributed by atoms with E-state index in [0.717, 1.165) is 17.7 Å². The van der Waals surface area contributed by atoms with Gasteiger partial charge in [0.1, 0.15) is 0 Å². The van der Waals surface area contributed by atoms with Gasteiger partial charge < -0.3 is 4.74 Å². The van der Waals surface area contributed by atoms with Gasteiger partial charge in [-0.3, -0.25) is 5.73 Å². The highest BCUT2D eigenvalue weighted by atomic mass is 16.5. The van der Waals surface area contributed by atoms with Crippen LogP contribution in [-0.4, -0.2) is 12.1 Å². The first-order valence-electron chi connectivity index (χ1n) is 7.36. The van der Waals surface area contributed by atoms with Crippen molar-refractivity contribution in [3.63, 3.8) is 0 Å². The van der Waals surface area contributed by atoms with E-state index in [1.54, 1.807) is 0 Å². The molecule has 0 saturated heterocycles. The SMILES string of the molecule is Cc1ccc(C2=NC(N)OC3c4ccccc4CC23)cc1. The third kappa shape index (κ3) is 2.09. The van der Waals surface area contributed by atoms with Crippen molar-refractivity contribution in [2.45, 2.75) is 25.8 Å². The van der Waals surface area contributed by atoms with Crippen LogP contribution in [-0.2, 0) is 11.2 Å². The highest BCUT2D eigenvalue weighted by Gasteiger charge is 2.40. The maximum Gasteiger partial charge on any atom is 0.202 e. The van der Waals surface area contributed by atoms with Gasteiger partial charge in [0.05, 0.1) is 11.8 Å². The minimum absolute atomic E-state index is 0.0324. The molecule has 2 aromatic carbocycles. The van der Waals surface area contributed by atoms with Crippen LogP contribution < -0.4 is 5.73 Å². The molecule has 1 aliphatic carbocycles. The fraction of sp³-hybridized carbons (Fsp3) is 0.278. The molecule has 0 saturated carbocycles. The summed E-state index contributed by atoms with van der Waals surface area (Å²) >= 11 is 0. The number of benzene rings is 2. The van der Waals surface area contributed by atoms with Crippen LogP contribution in [0.3, 0.4) is 0 Å². The largest absolute Gasteiger partial charge is 0.335 e. The van der Waals surface area contributed by atoms with E-state index >= 15 is 0 Å². The smallest absolute Gasteiger partial charge is 0.202 e. The van der Waals surface area contributed by atoms with Crippen molar-refractivity contribution in [1.29, 1.82) is 0 Å². The minimum atomic E-state index is -0.575. The molecule has 3 heteroatoms. The Morgan fingerprint density at radius 1 is 1.10 bits per heavy atom. The normalized spacial score (nSPS) is 27.0. The van der Waals surface area contributed by atoms with E-state index in [2.05, 4.69) is 60.4 Å². The summed E-state index contributed by atoms with van der Waals surface area (Å²) in [6.07, 6.45) is 0.430. The molecule has 0 amide bonds. The lowest BCUT2D eigenvalue weighted by Gasteiger charge is -2.30. The van der Waals surface area contributed by atoms with Gasteiger partial charge in [-0.1, -0.05) is 54.1 Å². The Morgan fingerprint density at radius 2 is 1.86 bits per heavy atom. The summed E-state index contributed by atoms with van der Waals surface area (Å²) in [6.45, 7) is 2.09. The topological polar surface area (TPSA) is 47.6 Å². The summed E-state index contributed by atoms with van der Waals surface area (Å²) in [4.78, 5) is 4.58. The second kappa shape index (κ2) is 4.79. The van der Waals surface area contributed by atoms with Crippen molar-refractivity contribution in [2.24, 2.45) is 16.6 Å². The van der Waals surface area contributed by atoms with Gasteiger partial charge in [-0.05, 0) is 30.0 Å². The van der Waals surface area contributed by atoms with Crippen molar-refractivity contribution >= 4 is 5.71 Å². The Hall–Kier alpha value is -1.97. The van der Waals surface area contributed by atoms with Gasteiger partial charge in [-0.2, -0.15) is 0 Å². The van der Waals surface area contributed by atoms with Crippen molar-refractivity contribution in [1.82, 2.24) is 0 Å². The van der Waals surface area contributed by atoms with Gasteiger partial charge in [-0.15, -0.1) is 0 Å². The number of fused-ring (bicyclic) bond motifs is 3. The van der Waals surface area contributed by atoms with Crippen molar-refractivity contribution in [3.05, 3.63) is 70.8 Å². The van der Waals surface area contributed by atoms with E-state index in [9.17, 15) is 0 Å². The predicted molar refractivity (Wildman–Crippen MR) is 83.2 cm³/mol. The standard InChI is InChI=1S/C18H18N2O/c1-11-6-8-12(9-7-11)16-15-10-13-4-2-3-5-14(13)17(15)21-18(19)20-16/h2-9,15,17-18H,10,19H2,1H3. The Balaban J connectivity index is 1.77. The van der Waals surface area contributed by atoms with Crippen molar-refractivity contribution in [3.8, 4) is 0 Å². The second-order valence-corrected chi connectivity index (χ2v) is 5.84. The van der Waals surface area contributed by atoms with Crippen LogP contribution in [0.5, 0.6) is 0 Å². The lowest BCUT2D eigenvalue weighted by atomic mass is 9.90. The molecule has 0 bridgehead atoms. The summed E-state index contributed by atoms with van der Waals surface area (Å²) in [5.74, 6) is 0.268. The minimum Gasteiger partial charge on any atom is -0.335 e. The first-order chi connectivity index (χ1) is 10.2. The lowest BCUT2D eigenvalue weighted by Crippen LogP contribution is -2.36. The van der Waals surface area contributed by atoms with Crippen LogP contribution in [0.2, 0.25) is 0 Å². The molecule has 2 N–H and O–H groups in total. The summed E-state index contributed by atoms with van der Waals surface area (Å²) in [7, 11) is 0. The summed E-state index contributed by atoms with van der Waals surface area (Å²) < 4.78 is 5.90. The number of nitrogens with zero attached hydrogens (tertiary/aromatic N) is 1. The second-order valence-electron chi connectivity index (χ2n) is 5.84. The number of rotatable bonds is 1. The Labute approximate surface area is 124 Å². The zero-order valence-electron chi connectivity index (χ0n) is 12.0. The molecule has 2 aliphatic rings. The lowest BCUT2D eigenvalue weighted by molar-refractivity contribution is -0.0280. The molecule has 0 spiro atoms. The Morgan fingerprint density at radius 3 is 2.67 bits per heavy atom. The third-order valence-electron chi connectivity index (χ3n) is 4.42. The summed E-state index contributed by atoms with van der Waals surface area (Å²) in [5.41, 5.74) is 12.1. The average molecular weight is 278 g/mol. The van der Waals surface area contributed by atoms with Gasteiger partial charge in [0.2, 0.25) is 6.35 Å². The van der Waals surface area contributed by atoms with Crippen molar-refractivity contribution < 1.29 is 4.74 Å². The van der Waals surface area contributed by atoms with Crippen LogP contribution >= 0.6 is 0 Å². The number of ether oxygens (including phenoxy) is 1. The van der Waals surface area contributed by atoms with Gasteiger partial charge in [-0.25, -0.2) is 4.99 Å². The molecular weight excluding hydrogens is 260 g/mol. The molecule has 0 fully saturated rings. The first-order valence-corrected chi connectivity index (χ1v) is 7.36. The molecular formula is C18H18N2O. The van der Waals surface area contributed by atoms with Crippen LogP contribution in [0.15, 0.2) is 53.5 Å². The molecule has 106 valence electrons. The van der Waals surface area contributed by atoms with E-state index in [1.165, 1.54) is 16.7 Å². The molecule has 3 nitrogen and oxygen atoms in total. The molecule has 21 heavy (non-hydrogen) atoms. The van der Waals surface area contributed by atoms with E-state index in [-0.39, 0.29) is 12.0 Å². The van der Waals surface area contributed by atoms with Crippen LogP contribution in [0, 0.1) is 12.8 Å². The maximum atomic E-state index is 6.00. The van der Waals surface area contributed by atoms with Gasteiger partial charge in [0, 0.05) is 5.92 Å². The van der Waals surface area contributed by atoms with Gasteiger partial charge >= 0.3 is 0 Å². The first kappa shape index (κ1) is 12.7. The number of aliphatic imine (C=N–C) groups is 1. The van der Waals surface area contributed by atoms with Crippen molar-refractivity contribution in [2.75, 3.05) is 0 Å². The fourth-order valence-corrected chi connectivity index (χ4v) is 3.39. The molecule has 2 aromatic rings. The fourth-order valence-electron chi connectivity index (χ4n) is 3.39. The highest BCUT2D eigenvalue weighted by molar-refractivity contribution is 6.03. The predicted octanol–water partition coefficient (Wildman–Crippen LogP) is 2.97. The monoisotopic (exact) mass is 278 g/mol. The number of nitrogens with two attached hydrogens (primary N) is 1. The van der Waals surface area contributed by atoms with E-state index < -0.39 is 6.35 Å². The number of hydrogen-bond donors (Lipinski definition) is 1. The van der Waals surface area contributed by atoms with Crippen LogP contribution in [0.1, 0.15) is 28.4 Å². The van der Waals surface area contributed by atoms with Crippen LogP contribution in [0.4, 0.5) is 0 Å². The van der Waals surface area contributed by atoms with Gasteiger partial charge in [0.25, 0.3) is 0 Å². The highest BCUT2D eigenvalue weighted by Crippen LogP contribution is 2.43. The zero-order valence-corrected chi connectivity index (χ0v) is 12.0. The molecule has 0 aromatic heterocycles. The van der Waals surface area contributed by atoms with E-state index in [4.69, 9.17) is 10.5 Å². The van der Waals surface area contributed by atoms with E-state index in [1.807, 2.05) is 0 Å². The summed E-state index contributed by atoms with van der Waals surface area (Å²) in [6, 6.07) is 17.0.